The van der Waals surface area contributed by atoms with Crippen LogP contribution in [0.1, 0.15) is 52.9 Å². The van der Waals surface area contributed by atoms with Crippen LogP contribution >= 0.6 is 0 Å². The highest BCUT2D eigenvalue weighted by atomic mass is 19.1. The minimum absolute atomic E-state index is 0.0674. The van der Waals surface area contributed by atoms with E-state index in [-0.39, 0.29) is 37.2 Å². The van der Waals surface area contributed by atoms with Crippen molar-refractivity contribution in [2.45, 2.75) is 88.8 Å². The number of benzene rings is 1. The number of nitrogens with two attached hydrogens (primary N) is 1. The van der Waals surface area contributed by atoms with Crippen LogP contribution in [0, 0.1) is 22.7 Å². The fourth-order valence-electron chi connectivity index (χ4n) is 8.71. The average molecular weight is 558 g/mol. The first kappa shape index (κ1) is 27.5. The summed E-state index contributed by atoms with van der Waals surface area (Å²) in [5, 5.41) is 11.7. The lowest BCUT2D eigenvalue weighted by atomic mass is 9.44. The van der Waals surface area contributed by atoms with Crippen molar-refractivity contribution in [3.63, 3.8) is 0 Å². The maximum Gasteiger partial charge on any atom is 0.205 e. The van der Waals surface area contributed by atoms with E-state index in [1.807, 2.05) is 13.8 Å². The van der Waals surface area contributed by atoms with E-state index in [4.69, 9.17) is 19.9 Å². The number of halogens is 2. The number of ether oxygens (including phenoxy) is 3. The Labute approximate surface area is 232 Å². The van der Waals surface area contributed by atoms with Crippen LogP contribution in [0.4, 0.5) is 14.5 Å². The van der Waals surface area contributed by atoms with Gasteiger partial charge in [0.15, 0.2) is 23.3 Å². The fraction of sp³-hybridized carbons (Fsp3) is 0.613. The van der Waals surface area contributed by atoms with Crippen molar-refractivity contribution >= 4 is 17.3 Å². The number of ketones is 2. The summed E-state index contributed by atoms with van der Waals surface area (Å²) in [6.45, 7) is 5.09. The van der Waals surface area contributed by atoms with Gasteiger partial charge >= 0.3 is 0 Å². The minimum atomic E-state index is -2.24. The largest absolute Gasteiger partial charge is 0.486 e. The molecule has 0 radical (unpaired) electrons. The number of carbonyl (C=O) groups is 2. The molecule has 0 aromatic heterocycles. The predicted molar refractivity (Wildman–Crippen MR) is 143 cm³/mol. The topological polar surface area (TPSA) is 108 Å². The zero-order chi connectivity index (χ0) is 28.7. The van der Waals surface area contributed by atoms with Crippen LogP contribution in [0.5, 0.6) is 5.75 Å². The third-order valence-corrected chi connectivity index (χ3v) is 10.6. The lowest BCUT2D eigenvalue weighted by Crippen LogP contribution is -2.71. The number of aliphatic hydroxyl groups excluding tert-OH is 1. The van der Waals surface area contributed by atoms with Crippen LogP contribution in [-0.4, -0.2) is 59.2 Å². The summed E-state index contributed by atoms with van der Waals surface area (Å²) in [6, 6.07) is 6.68. The van der Waals surface area contributed by atoms with Crippen molar-refractivity contribution in [1.29, 1.82) is 0 Å². The molecule has 3 N–H and O–H groups in total. The molecule has 10 atom stereocenters. The van der Waals surface area contributed by atoms with Gasteiger partial charge in [0.25, 0.3) is 0 Å². The Hall–Kier alpha value is -2.62. The number of hydrogen-bond donors (Lipinski definition) is 2. The first-order chi connectivity index (χ1) is 18.9. The van der Waals surface area contributed by atoms with Crippen LogP contribution in [0.3, 0.4) is 0 Å². The first-order valence-corrected chi connectivity index (χ1v) is 14.2. The molecule has 5 aliphatic rings. The molecule has 216 valence electrons. The van der Waals surface area contributed by atoms with E-state index < -0.39 is 64.4 Å². The highest BCUT2D eigenvalue weighted by molar-refractivity contribution is 6.01. The van der Waals surface area contributed by atoms with E-state index in [2.05, 4.69) is 0 Å². The third kappa shape index (κ3) is 3.50. The molecule has 7 nitrogen and oxygen atoms in total. The minimum Gasteiger partial charge on any atom is -0.486 e. The maximum atomic E-state index is 17.5. The maximum absolute atomic E-state index is 17.5. The molecule has 6 rings (SSSR count). The molecule has 3 saturated carbocycles. The van der Waals surface area contributed by atoms with Gasteiger partial charge in [0.05, 0.1) is 12.2 Å². The van der Waals surface area contributed by atoms with Gasteiger partial charge in [0.2, 0.25) is 5.78 Å². The summed E-state index contributed by atoms with van der Waals surface area (Å²) in [5.41, 5.74) is 0.117. The predicted octanol–water partition coefficient (Wildman–Crippen LogP) is 4.43. The van der Waals surface area contributed by atoms with E-state index in [1.54, 1.807) is 31.2 Å². The lowest BCUT2D eigenvalue weighted by Gasteiger charge is -2.63. The summed E-state index contributed by atoms with van der Waals surface area (Å²) in [5.74, 6) is -1.72. The van der Waals surface area contributed by atoms with Gasteiger partial charge in [-0.05, 0) is 80.5 Å². The second kappa shape index (κ2) is 9.19. The standard InChI is InChI=1S/C31H37F2NO6/c1-4-5-27-39-26-14-20-21-13-23(32)22-12-18(35)10-11-28(22,2)30(21,33)24(36)15-29(20,3)31(26,40-27)25(37)16-38-19-8-6-17(34)7-9-19/h6-12,20-21,23-24,26-27,36H,4-5,13-16,34H2,1-3H3/t20-,21-,23-,24-,26+,27?,28-,29-,30-,31+/m0/s1. The molecular weight excluding hydrogens is 520 g/mol. The van der Waals surface area contributed by atoms with E-state index in [0.29, 0.717) is 17.9 Å². The van der Waals surface area contributed by atoms with Crippen LogP contribution in [0.15, 0.2) is 48.1 Å². The van der Waals surface area contributed by atoms with Crippen LogP contribution in [0.25, 0.3) is 0 Å². The summed E-state index contributed by atoms with van der Waals surface area (Å²) in [7, 11) is 0. The van der Waals surface area contributed by atoms with E-state index in [0.717, 1.165) is 6.42 Å². The molecule has 0 bridgehead atoms. The SMILES string of the molecule is CCCC1O[C@@H]2C[C@H]3[C@@H]4C[C@H](F)C5=CC(=O)C=C[C@]5(C)[C@@]4(F)[C@@H](O)C[C@]3(C)[C@]2(C(=O)COc2ccc(N)cc2)O1. The van der Waals surface area contributed by atoms with E-state index in [9.17, 15) is 14.7 Å². The first-order valence-electron chi connectivity index (χ1n) is 14.2. The highest BCUT2D eigenvalue weighted by Gasteiger charge is 2.80. The zero-order valence-electron chi connectivity index (χ0n) is 23.1. The normalized spacial score (nSPS) is 45.2. The highest BCUT2D eigenvalue weighted by Crippen LogP contribution is 2.72. The monoisotopic (exact) mass is 557 g/mol. The van der Waals surface area contributed by atoms with Gasteiger partial charge in [-0.1, -0.05) is 26.3 Å². The van der Waals surface area contributed by atoms with E-state index >= 15 is 8.78 Å². The number of hydrogen-bond acceptors (Lipinski definition) is 7. The summed E-state index contributed by atoms with van der Waals surface area (Å²) in [6.07, 6.45) is 0.779. The molecule has 1 heterocycles. The number of allylic oxidation sites excluding steroid dienone is 4. The second-order valence-corrected chi connectivity index (χ2v) is 12.6. The van der Waals surface area contributed by atoms with Crippen LogP contribution < -0.4 is 10.5 Å². The molecule has 0 amide bonds. The second-order valence-electron chi connectivity index (χ2n) is 12.6. The molecule has 1 unspecified atom stereocenters. The quantitative estimate of drug-likeness (QED) is 0.499. The Morgan fingerprint density at radius 1 is 1.20 bits per heavy atom. The molecule has 9 heteroatoms. The van der Waals surface area contributed by atoms with Crippen molar-refractivity contribution < 1.29 is 37.7 Å². The average Bonchev–Trinajstić information content (AvgIpc) is 3.39. The van der Waals surface area contributed by atoms with Crippen LogP contribution in [-0.2, 0) is 19.1 Å². The number of Topliss-reactive ketones (excluding diaryl/α,β-unsaturated/α-hetero) is 1. The number of rotatable bonds is 6. The molecule has 4 aliphatic carbocycles. The molecular formula is C31H37F2NO6. The number of nitrogen functional groups attached to an aromatic ring is 1. The van der Waals surface area contributed by atoms with Crippen LogP contribution in [0.2, 0.25) is 0 Å². The molecule has 1 saturated heterocycles. The van der Waals surface area contributed by atoms with Crippen molar-refractivity contribution in [3.8, 4) is 5.75 Å². The Bertz CT molecular complexity index is 1280. The van der Waals surface area contributed by atoms with E-state index in [1.165, 1.54) is 18.2 Å². The number of alkyl halides is 2. The van der Waals surface area contributed by atoms with Gasteiger partial charge in [0.1, 0.15) is 18.5 Å². The van der Waals surface area contributed by atoms with Gasteiger partial charge in [-0.15, -0.1) is 0 Å². The smallest absolute Gasteiger partial charge is 0.205 e. The Morgan fingerprint density at radius 2 is 1.93 bits per heavy atom. The van der Waals surface area contributed by atoms with Gasteiger partial charge in [0, 0.05) is 22.4 Å². The lowest BCUT2D eigenvalue weighted by molar-refractivity contribution is -0.234. The van der Waals surface area contributed by atoms with Crippen molar-refractivity contribution in [3.05, 3.63) is 48.1 Å². The summed E-state index contributed by atoms with van der Waals surface area (Å²) in [4.78, 5) is 26.3. The fourth-order valence-corrected chi connectivity index (χ4v) is 8.71. The number of anilines is 1. The molecule has 1 aliphatic heterocycles. The van der Waals surface area contributed by atoms with Gasteiger partial charge in [-0.3, -0.25) is 9.59 Å². The molecule has 1 aromatic rings. The molecule has 1 aromatic carbocycles. The van der Waals surface area contributed by atoms with Gasteiger partial charge < -0.3 is 25.1 Å². The number of aliphatic hydroxyl groups is 1. The van der Waals surface area contributed by atoms with Gasteiger partial charge in [-0.2, -0.15) is 0 Å². The Balaban J connectivity index is 1.39. The zero-order valence-corrected chi connectivity index (χ0v) is 23.1. The van der Waals surface area contributed by atoms with Gasteiger partial charge in [-0.25, -0.2) is 8.78 Å². The molecule has 4 fully saturated rings. The third-order valence-electron chi connectivity index (χ3n) is 10.6. The molecule has 0 spiro atoms. The molecule has 40 heavy (non-hydrogen) atoms. The Kier molecular flexibility index (Phi) is 6.33. The summed E-state index contributed by atoms with van der Waals surface area (Å²) >= 11 is 0. The van der Waals surface area contributed by atoms with Crippen molar-refractivity contribution in [2.24, 2.45) is 22.7 Å². The number of carbonyl (C=O) groups excluding carboxylic acids is 2. The van der Waals surface area contributed by atoms with Crippen molar-refractivity contribution in [1.82, 2.24) is 0 Å². The summed E-state index contributed by atoms with van der Waals surface area (Å²) < 4.78 is 52.0. The number of fused-ring (bicyclic) bond motifs is 7. The van der Waals surface area contributed by atoms with Crippen molar-refractivity contribution in [2.75, 3.05) is 12.3 Å². The Morgan fingerprint density at radius 3 is 2.62 bits per heavy atom.